The van der Waals surface area contributed by atoms with Crippen molar-refractivity contribution in [2.75, 3.05) is 24.5 Å². The zero-order valence-electron chi connectivity index (χ0n) is 11.4. The lowest BCUT2D eigenvalue weighted by atomic mass is 9.99. The molecule has 1 heterocycles. The summed E-state index contributed by atoms with van der Waals surface area (Å²) in [4.78, 5) is 2.51. The van der Waals surface area contributed by atoms with E-state index in [-0.39, 0.29) is 0 Å². The number of piperidine rings is 1. The third-order valence-corrected chi connectivity index (χ3v) is 4.22. The third kappa shape index (κ3) is 3.48. The van der Waals surface area contributed by atoms with Gasteiger partial charge in [-0.3, -0.25) is 0 Å². The zero-order chi connectivity index (χ0) is 13.0. The summed E-state index contributed by atoms with van der Waals surface area (Å²) in [6.45, 7) is 8.83. The highest BCUT2D eigenvalue weighted by Crippen LogP contribution is 2.30. The van der Waals surface area contributed by atoms with Gasteiger partial charge in [0, 0.05) is 24.1 Å². The van der Waals surface area contributed by atoms with Gasteiger partial charge in [-0.15, -0.1) is 0 Å². The molecule has 3 heteroatoms. The molecule has 0 amide bonds. The monoisotopic (exact) mass is 310 g/mol. The lowest BCUT2D eigenvalue weighted by Crippen LogP contribution is -2.34. The second kappa shape index (κ2) is 6.58. The summed E-state index contributed by atoms with van der Waals surface area (Å²) < 4.78 is 1.23. The molecular formula is C15H23BrN2. The fourth-order valence-corrected chi connectivity index (χ4v) is 3.27. The summed E-state index contributed by atoms with van der Waals surface area (Å²) >= 11 is 3.73. The highest BCUT2D eigenvalue weighted by Gasteiger charge is 2.18. The molecule has 1 fully saturated rings. The van der Waals surface area contributed by atoms with Crippen LogP contribution in [0.1, 0.15) is 32.3 Å². The molecule has 0 aromatic heterocycles. The summed E-state index contributed by atoms with van der Waals surface area (Å²) in [5.41, 5.74) is 2.69. The topological polar surface area (TPSA) is 15.3 Å². The Balaban J connectivity index is 2.08. The fourth-order valence-electron chi connectivity index (χ4n) is 2.59. The first-order valence-electron chi connectivity index (χ1n) is 6.94. The molecular weight excluding hydrogens is 288 g/mol. The number of halogens is 1. The number of rotatable bonds is 4. The van der Waals surface area contributed by atoms with E-state index in [1.807, 2.05) is 0 Å². The number of nitrogens with zero attached hydrogens (tertiary/aromatic N) is 1. The molecule has 1 saturated heterocycles. The van der Waals surface area contributed by atoms with Crippen molar-refractivity contribution in [2.24, 2.45) is 5.92 Å². The molecule has 1 atom stereocenters. The predicted octanol–water partition coefficient (Wildman–Crippen LogP) is 3.79. The minimum Gasteiger partial charge on any atom is -0.370 e. The third-order valence-electron chi connectivity index (χ3n) is 3.59. The van der Waals surface area contributed by atoms with Crippen LogP contribution in [0.2, 0.25) is 0 Å². The SMILES string of the molecule is CCNCc1ccc(N2CCCC(C)C2)c(Br)c1. The molecule has 1 unspecified atom stereocenters. The van der Waals surface area contributed by atoms with E-state index in [0.717, 1.165) is 19.0 Å². The Labute approximate surface area is 119 Å². The maximum Gasteiger partial charge on any atom is 0.0510 e. The van der Waals surface area contributed by atoms with Crippen LogP contribution in [0, 0.1) is 5.92 Å². The van der Waals surface area contributed by atoms with E-state index in [1.54, 1.807) is 0 Å². The smallest absolute Gasteiger partial charge is 0.0510 e. The van der Waals surface area contributed by atoms with Crippen LogP contribution < -0.4 is 10.2 Å². The molecule has 0 bridgehead atoms. The highest BCUT2D eigenvalue weighted by atomic mass is 79.9. The molecule has 2 rings (SSSR count). The first kappa shape index (κ1) is 13.9. The minimum atomic E-state index is 0.812. The van der Waals surface area contributed by atoms with E-state index >= 15 is 0 Å². The van der Waals surface area contributed by atoms with E-state index in [1.165, 1.54) is 41.7 Å². The van der Waals surface area contributed by atoms with Gasteiger partial charge in [-0.1, -0.05) is 19.9 Å². The highest BCUT2D eigenvalue weighted by molar-refractivity contribution is 9.10. The Bertz CT molecular complexity index is 392. The van der Waals surface area contributed by atoms with Crippen molar-refractivity contribution >= 4 is 21.6 Å². The molecule has 1 aromatic rings. The number of benzene rings is 1. The average Bonchev–Trinajstić information content (AvgIpc) is 2.36. The van der Waals surface area contributed by atoms with E-state index in [4.69, 9.17) is 0 Å². The van der Waals surface area contributed by atoms with Gasteiger partial charge in [0.05, 0.1) is 5.69 Å². The van der Waals surface area contributed by atoms with Crippen LogP contribution in [0.5, 0.6) is 0 Å². The Kier molecular flexibility index (Phi) is 5.07. The van der Waals surface area contributed by atoms with E-state index in [2.05, 4.69) is 58.2 Å². The van der Waals surface area contributed by atoms with Crippen molar-refractivity contribution in [3.63, 3.8) is 0 Å². The number of hydrogen-bond acceptors (Lipinski definition) is 2. The predicted molar refractivity (Wildman–Crippen MR) is 82.1 cm³/mol. The normalized spacial score (nSPS) is 20.2. The number of nitrogens with one attached hydrogen (secondary N) is 1. The van der Waals surface area contributed by atoms with Gasteiger partial charge in [0.2, 0.25) is 0 Å². The summed E-state index contributed by atoms with van der Waals surface area (Å²) in [6, 6.07) is 6.74. The van der Waals surface area contributed by atoms with E-state index in [0.29, 0.717) is 0 Å². The van der Waals surface area contributed by atoms with E-state index in [9.17, 15) is 0 Å². The van der Waals surface area contributed by atoms with Crippen LogP contribution in [0.3, 0.4) is 0 Å². The first-order chi connectivity index (χ1) is 8.70. The summed E-state index contributed by atoms with van der Waals surface area (Å²) in [5.74, 6) is 0.812. The van der Waals surface area contributed by atoms with Gasteiger partial charge in [-0.25, -0.2) is 0 Å². The van der Waals surface area contributed by atoms with Crippen LogP contribution in [0.25, 0.3) is 0 Å². The van der Waals surface area contributed by atoms with Gasteiger partial charge < -0.3 is 10.2 Å². The standard InChI is InChI=1S/C15H23BrN2/c1-3-17-10-13-6-7-15(14(16)9-13)18-8-4-5-12(2)11-18/h6-7,9,12,17H,3-5,8,10-11H2,1-2H3. The Hall–Kier alpha value is -0.540. The summed E-state index contributed by atoms with van der Waals surface area (Å²) in [7, 11) is 0. The van der Waals surface area contributed by atoms with Gasteiger partial charge in [0.15, 0.2) is 0 Å². The average molecular weight is 311 g/mol. The van der Waals surface area contributed by atoms with Crippen LogP contribution in [-0.4, -0.2) is 19.6 Å². The Morgan fingerprint density at radius 3 is 2.94 bits per heavy atom. The van der Waals surface area contributed by atoms with Crippen LogP contribution in [0.15, 0.2) is 22.7 Å². The molecule has 1 aromatic carbocycles. The summed E-state index contributed by atoms with van der Waals surface area (Å²) in [5, 5.41) is 3.36. The maximum absolute atomic E-state index is 3.73. The molecule has 18 heavy (non-hydrogen) atoms. The molecule has 0 saturated carbocycles. The van der Waals surface area contributed by atoms with Gasteiger partial charge in [-0.05, 0) is 58.9 Å². The van der Waals surface area contributed by atoms with Crippen LogP contribution in [-0.2, 0) is 6.54 Å². The quantitative estimate of drug-likeness (QED) is 0.910. The van der Waals surface area contributed by atoms with Crippen LogP contribution >= 0.6 is 15.9 Å². The van der Waals surface area contributed by atoms with Crippen molar-refractivity contribution in [1.82, 2.24) is 5.32 Å². The van der Waals surface area contributed by atoms with Crippen molar-refractivity contribution in [3.05, 3.63) is 28.2 Å². The molecule has 100 valence electrons. The van der Waals surface area contributed by atoms with E-state index < -0.39 is 0 Å². The number of hydrogen-bond donors (Lipinski definition) is 1. The molecule has 0 aliphatic carbocycles. The fraction of sp³-hybridized carbons (Fsp3) is 0.600. The Morgan fingerprint density at radius 1 is 1.44 bits per heavy atom. The maximum atomic E-state index is 3.73. The van der Waals surface area contributed by atoms with Crippen molar-refractivity contribution in [1.29, 1.82) is 0 Å². The van der Waals surface area contributed by atoms with Crippen LogP contribution in [0.4, 0.5) is 5.69 Å². The minimum absolute atomic E-state index is 0.812. The first-order valence-corrected chi connectivity index (χ1v) is 7.74. The number of anilines is 1. The molecule has 1 aliphatic heterocycles. The molecule has 0 radical (unpaired) electrons. The van der Waals surface area contributed by atoms with Crippen molar-refractivity contribution in [2.45, 2.75) is 33.2 Å². The van der Waals surface area contributed by atoms with Crippen molar-refractivity contribution < 1.29 is 0 Å². The zero-order valence-corrected chi connectivity index (χ0v) is 13.0. The largest absolute Gasteiger partial charge is 0.370 e. The molecule has 0 spiro atoms. The van der Waals surface area contributed by atoms with Gasteiger partial charge in [0.1, 0.15) is 0 Å². The second-order valence-electron chi connectivity index (χ2n) is 5.26. The molecule has 1 aliphatic rings. The van der Waals surface area contributed by atoms with Gasteiger partial charge in [0.25, 0.3) is 0 Å². The van der Waals surface area contributed by atoms with Gasteiger partial charge >= 0.3 is 0 Å². The lowest BCUT2D eigenvalue weighted by molar-refractivity contribution is 0.446. The van der Waals surface area contributed by atoms with Crippen molar-refractivity contribution in [3.8, 4) is 0 Å². The molecule has 1 N–H and O–H groups in total. The second-order valence-corrected chi connectivity index (χ2v) is 6.11. The van der Waals surface area contributed by atoms with Gasteiger partial charge in [-0.2, -0.15) is 0 Å². The Morgan fingerprint density at radius 2 is 2.28 bits per heavy atom. The molecule has 2 nitrogen and oxygen atoms in total. The summed E-state index contributed by atoms with van der Waals surface area (Å²) in [6.07, 6.45) is 2.68. The lowest BCUT2D eigenvalue weighted by Gasteiger charge is -2.33.